The number of hydrogen-bond acceptors (Lipinski definition) is 2. The average molecular weight is 205 g/mol. The van der Waals surface area contributed by atoms with Crippen molar-refractivity contribution in [2.75, 3.05) is 0 Å². The first kappa shape index (κ1) is 8.85. The first-order valence-corrected chi connectivity index (χ1v) is 5.17. The van der Waals surface area contributed by atoms with Gasteiger partial charge in [0.25, 0.3) is 0 Å². The molecular weight excluding hydrogens is 193 g/mol. The van der Waals surface area contributed by atoms with Crippen molar-refractivity contribution < 1.29 is 4.39 Å². The van der Waals surface area contributed by atoms with Crippen LogP contribution in [0.4, 0.5) is 4.39 Å². The molecule has 0 amide bonds. The normalized spacial score (nSPS) is 20.5. The van der Waals surface area contributed by atoms with Gasteiger partial charge >= 0.3 is 0 Å². The predicted octanol–water partition coefficient (Wildman–Crippen LogP) is 1.97. The van der Waals surface area contributed by atoms with Crippen LogP contribution in [0.2, 0.25) is 0 Å². The monoisotopic (exact) mass is 205 g/mol. The molecule has 0 radical (unpaired) electrons. The molecule has 1 atom stereocenters. The maximum Gasteiger partial charge on any atom is 0.126 e. The lowest BCUT2D eigenvalue weighted by Gasteiger charge is -2.20. The highest BCUT2D eigenvalue weighted by atomic mass is 19.1. The van der Waals surface area contributed by atoms with E-state index in [1.807, 2.05) is 0 Å². The van der Waals surface area contributed by atoms with Crippen LogP contribution >= 0.6 is 0 Å². The molecule has 1 aliphatic rings. The number of imidazole rings is 1. The second-order valence-corrected chi connectivity index (χ2v) is 4.00. The Morgan fingerprint density at radius 3 is 3.20 bits per heavy atom. The minimum absolute atomic E-state index is 0.00536. The largest absolute Gasteiger partial charge is 0.327 e. The quantitative estimate of drug-likeness (QED) is 0.714. The van der Waals surface area contributed by atoms with Crippen molar-refractivity contribution in [2.45, 2.75) is 25.4 Å². The van der Waals surface area contributed by atoms with Gasteiger partial charge in [-0.05, 0) is 25.0 Å². The molecule has 15 heavy (non-hydrogen) atoms. The summed E-state index contributed by atoms with van der Waals surface area (Å²) in [6, 6.07) is 4.71. The molecule has 0 saturated heterocycles. The number of hydrogen-bond donors (Lipinski definition) is 1. The van der Waals surface area contributed by atoms with E-state index in [0.717, 1.165) is 30.7 Å². The Morgan fingerprint density at radius 2 is 2.33 bits per heavy atom. The van der Waals surface area contributed by atoms with Crippen LogP contribution in [0.25, 0.3) is 11.0 Å². The van der Waals surface area contributed by atoms with Crippen LogP contribution in [0.1, 0.15) is 24.7 Å². The molecule has 2 heterocycles. The number of nitrogens with two attached hydrogens (primary N) is 1. The predicted molar refractivity (Wildman–Crippen MR) is 55.9 cm³/mol. The third kappa shape index (κ3) is 1.25. The minimum atomic E-state index is -0.244. The summed E-state index contributed by atoms with van der Waals surface area (Å²) in [6.07, 6.45) is 2.03. The first-order valence-electron chi connectivity index (χ1n) is 5.17. The summed E-state index contributed by atoms with van der Waals surface area (Å²) in [7, 11) is 0. The van der Waals surface area contributed by atoms with E-state index in [0.29, 0.717) is 5.52 Å². The molecule has 0 aliphatic carbocycles. The number of aryl methyl sites for hydroxylation is 1. The third-order valence-corrected chi connectivity index (χ3v) is 2.97. The van der Waals surface area contributed by atoms with E-state index in [1.54, 1.807) is 6.07 Å². The van der Waals surface area contributed by atoms with Gasteiger partial charge in [-0.1, -0.05) is 0 Å². The van der Waals surface area contributed by atoms with Crippen molar-refractivity contribution in [3.8, 4) is 0 Å². The van der Waals surface area contributed by atoms with Gasteiger partial charge in [-0.25, -0.2) is 9.37 Å². The molecule has 1 aromatic carbocycles. The maximum atomic E-state index is 13.0. The van der Waals surface area contributed by atoms with E-state index in [9.17, 15) is 4.39 Å². The smallest absolute Gasteiger partial charge is 0.126 e. The van der Waals surface area contributed by atoms with Crippen molar-refractivity contribution in [2.24, 2.45) is 5.73 Å². The van der Waals surface area contributed by atoms with Gasteiger partial charge in [-0.15, -0.1) is 0 Å². The Labute approximate surface area is 86.7 Å². The van der Waals surface area contributed by atoms with E-state index in [4.69, 9.17) is 5.73 Å². The van der Waals surface area contributed by atoms with E-state index in [-0.39, 0.29) is 11.9 Å². The summed E-state index contributed by atoms with van der Waals surface area (Å²) in [4.78, 5) is 4.39. The Morgan fingerprint density at radius 1 is 1.47 bits per heavy atom. The first-order chi connectivity index (χ1) is 7.25. The molecule has 1 aromatic heterocycles. The van der Waals surface area contributed by atoms with Crippen LogP contribution in [0, 0.1) is 5.82 Å². The van der Waals surface area contributed by atoms with Gasteiger partial charge in [0.15, 0.2) is 0 Å². The summed E-state index contributed by atoms with van der Waals surface area (Å²) < 4.78 is 15.1. The van der Waals surface area contributed by atoms with Gasteiger partial charge < -0.3 is 10.3 Å². The van der Waals surface area contributed by atoms with Crippen LogP contribution in [0.3, 0.4) is 0 Å². The fourth-order valence-corrected chi connectivity index (χ4v) is 2.24. The van der Waals surface area contributed by atoms with Crippen molar-refractivity contribution in [3.63, 3.8) is 0 Å². The molecule has 4 heteroatoms. The summed E-state index contributed by atoms with van der Waals surface area (Å²) in [5.74, 6) is 0.647. The summed E-state index contributed by atoms with van der Waals surface area (Å²) in [5, 5.41) is 0. The Bertz CT molecular complexity index is 518. The molecule has 0 spiro atoms. The van der Waals surface area contributed by atoms with Crippen molar-refractivity contribution in [1.29, 1.82) is 0 Å². The zero-order chi connectivity index (χ0) is 10.4. The Hall–Kier alpha value is -1.42. The molecule has 1 aliphatic heterocycles. The molecule has 3 rings (SSSR count). The zero-order valence-corrected chi connectivity index (χ0v) is 8.28. The summed E-state index contributed by atoms with van der Waals surface area (Å²) in [6.45, 7) is 0.936. The summed E-state index contributed by atoms with van der Waals surface area (Å²) >= 11 is 0. The van der Waals surface area contributed by atoms with Gasteiger partial charge in [0.05, 0.1) is 17.1 Å². The van der Waals surface area contributed by atoms with Crippen LogP contribution in [-0.4, -0.2) is 9.55 Å². The molecule has 3 nitrogen and oxygen atoms in total. The van der Waals surface area contributed by atoms with Gasteiger partial charge in [0.1, 0.15) is 11.6 Å². The SMILES string of the molecule is NC1CCCn2c1nc1cc(F)ccc12. The summed E-state index contributed by atoms with van der Waals surface area (Å²) in [5.41, 5.74) is 7.67. The Kier molecular flexibility index (Phi) is 1.79. The fraction of sp³-hybridized carbons (Fsp3) is 0.364. The number of halogens is 1. The van der Waals surface area contributed by atoms with Crippen LogP contribution < -0.4 is 5.73 Å². The highest BCUT2D eigenvalue weighted by Crippen LogP contribution is 2.27. The molecule has 0 bridgehead atoms. The second-order valence-electron chi connectivity index (χ2n) is 4.00. The molecular formula is C11H12FN3. The lowest BCUT2D eigenvalue weighted by Crippen LogP contribution is -2.21. The van der Waals surface area contributed by atoms with Gasteiger partial charge in [-0.2, -0.15) is 0 Å². The lowest BCUT2D eigenvalue weighted by molar-refractivity contribution is 0.459. The molecule has 0 fully saturated rings. The Balaban J connectivity index is 2.30. The molecule has 0 saturated carbocycles. The number of benzene rings is 1. The second kappa shape index (κ2) is 3.03. The van der Waals surface area contributed by atoms with Crippen LogP contribution in [0.5, 0.6) is 0 Å². The fourth-order valence-electron chi connectivity index (χ4n) is 2.24. The molecule has 2 aromatic rings. The molecule has 2 N–H and O–H groups in total. The minimum Gasteiger partial charge on any atom is -0.327 e. The zero-order valence-electron chi connectivity index (χ0n) is 8.28. The lowest BCUT2D eigenvalue weighted by atomic mass is 10.1. The third-order valence-electron chi connectivity index (χ3n) is 2.97. The van der Waals surface area contributed by atoms with E-state index >= 15 is 0 Å². The number of rotatable bonds is 0. The number of nitrogens with zero attached hydrogens (tertiary/aromatic N) is 2. The molecule has 78 valence electrons. The van der Waals surface area contributed by atoms with Crippen LogP contribution in [0.15, 0.2) is 18.2 Å². The standard InChI is InChI=1S/C11H12FN3/c12-7-3-4-10-9(6-7)14-11-8(13)2-1-5-15(10)11/h3-4,6,8H,1-2,5,13H2. The molecule has 1 unspecified atom stereocenters. The van der Waals surface area contributed by atoms with E-state index in [2.05, 4.69) is 9.55 Å². The van der Waals surface area contributed by atoms with Crippen molar-refractivity contribution in [1.82, 2.24) is 9.55 Å². The van der Waals surface area contributed by atoms with E-state index < -0.39 is 0 Å². The van der Waals surface area contributed by atoms with Gasteiger partial charge in [0, 0.05) is 12.6 Å². The topological polar surface area (TPSA) is 43.8 Å². The highest BCUT2D eigenvalue weighted by molar-refractivity contribution is 5.76. The van der Waals surface area contributed by atoms with Gasteiger partial charge in [0.2, 0.25) is 0 Å². The van der Waals surface area contributed by atoms with E-state index in [1.165, 1.54) is 12.1 Å². The van der Waals surface area contributed by atoms with Gasteiger partial charge in [-0.3, -0.25) is 0 Å². The maximum absolute atomic E-state index is 13.0. The average Bonchev–Trinajstić information content (AvgIpc) is 2.57. The highest BCUT2D eigenvalue weighted by Gasteiger charge is 2.20. The van der Waals surface area contributed by atoms with Crippen molar-refractivity contribution >= 4 is 11.0 Å². The number of fused-ring (bicyclic) bond motifs is 3. The number of aromatic nitrogens is 2. The van der Waals surface area contributed by atoms with Crippen molar-refractivity contribution in [3.05, 3.63) is 29.8 Å². The van der Waals surface area contributed by atoms with Crippen LogP contribution in [-0.2, 0) is 6.54 Å².